The number of amides is 3. The molecule has 0 spiro atoms. The molecule has 0 saturated heterocycles. The number of carbonyl (C=O) groups is 2. The molecule has 3 N–H and O–H groups in total. The van der Waals surface area contributed by atoms with Crippen molar-refractivity contribution < 1.29 is 18.9 Å². The van der Waals surface area contributed by atoms with E-state index in [-0.39, 0.29) is 23.9 Å². The molecule has 0 fully saturated rings. The predicted molar refractivity (Wildman–Crippen MR) is 102 cm³/mol. The minimum Gasteiger partial charge on any atom is -0.459 e. The van der Waals surface area contributed by atoms with Crippen molar-refractivity contribution in [3.05, 3.63) is 88.4 Å². The van der Waals surface area contributed by atoms with Crippen molar-refractivity contribution in [2.75, 3.05) is 10.6 Å². The average Bonchev–Trinajstić information content (AvgIpc) is 3.23. The fraction of sp³-hybridized carbons (Fsp3) is 0.0526. The zero-order chi connectivity index (χ0) is 19.9. The molecule has 0 bridgehead atoms. The molecule has 0 radical (unpaired) electrons. The molecule has 1 heterocycles. The lowest BCUT2D eigenvalue weighted by Gasteiger charge is -2.09. The second kappa shape index (κ2) is 8.49. The summed E-state index contributed by atoms with van der Waals surface area (Å²) in [5, 5.41) is 18.6. The van der Waals surface area contributed by atoms with Gasteiger partial charge >= 0.3 is 6.03 Å². The molecule has 3 rings (SSSR count). The van der Waals surface area contributed by atoms with Crippen molar-refractivity contribution >= 4 is 29.0 Å². The number of rotatable bonds is 6. The molecule has 1 aromatic heterocycles. The van der Waals surface area contributed by atoms with E-state index in [1.165, 1.54) is 30.5 Å². The lowest BCUT2D eigenvalue weighted by Crippen LogP contribution is -2.28. The van der Waals surface area contributed by atoms with Crippen molar-refractivity contribution in [3.8, 4) is 0 Å². The third-order valence-electron chi connectivity index (χ3n) is 3.75. The van der Waals surface area contributed by atoms with Crippen LogP contribution in [0.2, 0.25) is 0 Å². The molecule has 2 aromatic carbocycles. The van der Waals surface area contributed by atoms with E-state index < -0.39 is 11.0 Å². The molecule has 0 saturated carbocycles. The first-order valence-electron chi connectivity index (χ1n) is 8.24. The third-order valence-corrected chi connectivity index (χ3v) is 3.75. The van der Waals surface area contributed by atoms with Crippen molar-refractivity contribution in [1.29, 1.82) is 0 Å². The van der Waals surface area contributed by atoms with Gasteiger partial charge < -0.3 is 20.4 Å². The number of hydrogen-bond donors (Lipinski definition) is 3. The summed E-state index contributed by atoms with van der Waals surface area (Å²) in [6.07, 6.45) is 1.42. The van der Waals surface area contributed by atoms with Gasteiger partial charge in [-0.2, -0.15) is 0 Å². The number of benzene rings is 2. The molecule has 0 aliphatic carbocycles. The van der Waals surface area contributed by atoms with Crippen LogP contribution in [0.25, 0.3) is 0 Å². The number of nitrogens with one attached hydrogen (secondary N) is 3. The third kappa shape index (κ3) is 4.94. The highest BCUT2D eigenvalue weighted by molar-refractivity contribution is 6.02. The quantitative estimate of drug-likeness (QED) is 0.443. The van der Waals surface area contributed by atoms with Crippen molar-refractivity contribution in [2.45, 2.75) is 6.54 Å². The van der Waals surface area contributed by atoms with Crippen LogP contribution < -0.4 is 16.0 Å². The molecule has 142 valence electrons. The maximum atomic E-state index is 11.9. The number of nitrogens with zero attached hydrogens (tertiary/aromatic N) is 1. The molecule has 0 atom stereocenters. The molecular formula is C19H16N4O5. The standard InChI is InChI=1S/C19H16N4O5/c24-18(17-2-1-11-28-17)21-14-5-3-13(4-6-14)12-20-19(25)22-15-7-9-16(10-8-15)23(26)27/h1-11H,12H2,(H,21,24)(H2,20,22,25). The van der Waals surface area contributed by atoms with Gasteiger partial charge in [0.2, 0.25) is 0 Å². The Morgan fingerprint density at radius 1 is 0.929 bits per heavy atom. The van der Waals surface area contributed by atoms with Crippen LogP contribution in [0.3, 0.4) is 0 Å². The number of urea groups is 1. The first-order valence-corrected chi connectivity index (χ1v) is 8.24. The van der Waals surface area contributed by atoms with E-state index in [1.807, 2.05) is 0 Å². The van der Waals surface area contributed by atoms with Crippen molar-refractivity contribution in [2.24, 2.45) is 0 Å². The summed E-state index contributed by atoms with van der Waals surface area (Å²) in [5.41, 5.74) is 1.82. The normalized spacial score (nSPS) is 10.1. The Labute approximate surface area is 159 Å². The zero-order valence-electron chi connectivity index (χ0n) is 14.5. The van der Waals surface area contributed by atoms with E-state index in [9.17, 15) is 19.7 Å². The van der Waals surface area contributed by atoms with Crippen LogP contribution in [0.1, 0.15) is 16.1 Å². The summed E-state index contributed by atoms with van der Waals surface area (Å²) in [7, 11) is 0. The largest absolute Gasteiger partial charge is 0.459 e. The van der Waals surface area contributed by atoms with Crippen LogP contribution >= 0.6 is 0 Å². The monoisotopic (exact) mass is 380 g/mol. The van der Waals surface area contributed by atoms with Gasteiger partial charge in [0, 0.05) is 30.1 Å². The number of nitro benzene ring substituents is 1. The van der Waals surface area contributed by atoms with E-state index in [4.69, 9.17) is 4.42 Å². The number of non-ortho nitro benzene ring substituents is 1. The molecule has 0 aliphatic heterocycles. The summed E-state index contributed by atoms with van der Waals surface area (Å²) in [5.74, 6) is -0.132. The Morgan fingerprint density at radius 3 is 2.18 bits per heavy atom. The van der Waals surface area contributed by atoms with Gasteiger partial charge in [-0.15, -0.1) is 0 Å². The second-order valence-corrected chi connectivity index (χ2v) is 5.74. The second-order valence-electron chi connectivity index (χ2n) is 5.74. The minimum atomic E-state index is -0.509. The Morgan fingerprint density at radius 2 is 1.57 bits per heavy atom. The smallest absolute Gasteiger partial charge is 0.319 e. The molecule has 28 heavy (non-hydrogen) atoms. The highest BCUT2D eigenvalue weighted by atomic mass is 16.6. The van der Waals surface area contributed by atoms with Gasteiger partial charge in [0.1, 0.15) is 0 Å². The Hall–Kier alpha value is -4.14. The summed E-state index contributed by atoms with van der Waals surface area (Å²) >= 11 is 0. The van der Waals surface area contributed by atoms with Gasteiger partial charge in [-0.05, 0) is 42.0 Å². The first-order chi connectivity index (χ1) is 13.5. The molecule has 9 nitrogen and oxygen atoms in total. The van der Waals surface area contributed by atoms with Crippen LogP contribution in [0.4, 0.5) is 21.9 Å². The fourth-order valence-electron chi connectivity index (χ4n) is 2.33. The fourth-order valence-corrected chi connectivity index (χ4v) is 2.33. The number of nitro groups is 1. The van der Waals surface area contributed by atoms with E-state index in [2.05, 4.69) is 16.0 Å². The highest BCUT2D eigenvalue weighted by Gasteiger charge is 2.09. The molecular weight excluding hydrogens is 364 g/mol. The Bertz CT molecular complexity index is 967. The lowest BCUT2D eigenvalue weighted by molar-refractivity contribution is -0.384. The van der Waals surface area contributed by atoms with Crippen LogP contribution in [0.5, 0.6) is 0 Å². The molecule has 9 heteroatoms. The number of anilines is 2. The maximum absolute atomic E-state index is 11.9. The molecule has 0 aliphatic rings. The Balaban J connectivity index is 1.48. The van der Waals surface area contributed by atoms with Crippen molar-refractivity contribution in [3.63, 3.8) is 0 Å². The van der Waals surface area contributed by atoms with E-state index in [1.54, 1.807) is 36.4 Å². The SMILES string of the molecule is O=C(NCc1ccc(NC(=O)c2ccco2)cc1)Nc1ccc([N+](=O)[O-])cc1. The number of furan rings is 1. The first kappa shape index (κ1) is 18.6. The van der Waals surface area contributed by atoms with Gasteiger partial charge in [-0.25, -0.2) is 4.79 Å². The summed E-state index contributed by atoms with van der Waals surface area (Å²) < 4.78 is 5.02. The van der Waals surface area contributed by atoms with E-state index >= 15 is 0 Å². The maximum Gasteiger partial charge on any atom is 0.319 e. The molecule has 0 unspecified atom stereocenters. The Kier molecular flexibility index (Phi) is 5.66. The van der Waals surface area contributed by atoms with Crippen molar-refractivity contribution in [1.82, 2.24) is 5.32 Å². The summed E-state index contributed by atoms with van der Waals surface area (Å²) in [6.45, 7) is 0.269. The molecule has 3 aromatic rings. The van der Waals surface area contributed by atoms with Crippen LogP contribution in [-0.4, -0.2) is 16.9 Å². The number of carbonyl (C=O) groups excluding carboxylic acids is 2. The van der Waals surface area contributed by atoms with Crippen LogP contribution in [0.15, 0.2) is 71.3 Å². The zero-order valence-corrected chi connectivity index (χ0v) is 14.5. The number of hydrogen-bond acceptors (Lipinski definition) is 5. The predicted octanol–water partition coefficient (Wildman–Crippen LogP) is 3.76. The van der Waals surface area contributed by atoms with Gasteiger partial charge in [0.25, 0.3) is 11.6 Å². The van der Waals surface area contributed by atoms with E-state index in [0.29, 0.717) is 11.4 Å². The van der Waals surface area contributed by atoms with Gasteiger partial charge in [-0.1, -0.05) is 12.1 Å². The van der Waals surface area contributed by atoms with Crippen LogP contribution in [-0.2, 0) is 6.54 Å². The lowest BCUT2D eigenvalue weighted by atomic mass is 10.2. The van der Waals surface area contributed by atoms with Crippen LogP contribution in [0, 0.1) is 10.1 Å². The minimum absolute atomic E-state index is 0.0508. The van der Waals surface area contributed by atoms with Gasteiger partial charge in [0.05, 0.1) is 11.2 Å². The summed E-state index contributed by atoms with van der Waals surface area (Å²) in [6, 6.07) is 15.2. The topological polar surface area (TPSA) is 127 Å². The summed E-state index contributed by atoms with van der Waals surface area (Å²) in [4.78, 5) is 33.9. The van der Waals surface area contributed by atoms with Gasteiger partial charge in [0.15, 0.2) is 5.76 Å². The molecule has 3 amide bonds. The highest BCUT2D eigenvalue weighted by Crippen LogP contribution is 2.15. The van der Waals surface area contributed by atoms with Gasteiger partial charge in [-0.3, -0.25) is 14.9 Å². The average molecular weight is 380 g/mol. The van der Waals surface area contributed by atoms with E-state index in [0.717, 1.165) is 5.56 Å².